The Morgan fingerprint density at radius 3 is 2.96 bits per heavy atom. The minimum atomic E-state index is -0.0153. The van der Waals surface area contributed by atoms with E-state index in [0.29, 0.717) is 6.04 Å². The van der Waals surface area contributed by atoms with Crippen molar-refractivity contribution in [1.82, 2.24) is 4.90 Å². The smallest absolute Gasteiger partial charge is 0.214 e. The number of benzene rings is 1. The summed E-state index contributed by atoms with van der Waals surface area (Å²) in [4.78, 5) is 16.8. The Kier molecular flexibility index (Phi) is 3.63. The van der Waals surface area contributed by atoms with Crippen molar-refractivity contribution in [2.75, 3.05) is 31.7 Å². The Hall–Kier alpha value is -1.59. The van der Waals surface area contributed by atoms with Gasteiger partial charge in [0.05, 0.1) is 12.8 Å². The van der Waals surface area contributed by atoms with Crippen LogP contribution < -0.4 is 9.64 Å². The number of rotatable bonds is 4. The minimum Gasteiger partial charge on any atom is -0.495 e. The summed E-state index contributed by atoms with van der Waals surface area (Å²) < 4.78 is 5.65. The van der Waals surface area contributed by atoms with Crippen LogP contribution in [-0.4, -0.2) is 55.3 Å². The maximum atomic E-state index is 12.1. The molecule has 3 aliphatic heterocycles. The summed E-state index contributed by atoms with van der Waals surface area (Å²) in [5.74, 6) is 0.806. The lowest BCUT2D eigenvalue weighted by Crippen LogP contribution is -2.64. The van der Waals surface area contributed by atoms with Gasteiger partial charge in [0.15, 0.2) is 0 Å². The fourth-order valence-corrected chi connectivity index (χ4v) is 7.23. The number of hydrogen-bond donors (Lipinski definition) is 1. The number of carbonyl (C=O) groups is 1. The third-order valence-corrected chi connectivity index (χ3v) is 7.91. The van der Waals surface area contributed by atoms with Crippen molar-refractivity contribution < 1.29 is 14.6 Å². The summed E-state index contributed by atoms with van der Waals surface area (Å²) in [6.07, 6.45) is 7.53. The van der Waals surface area contributed by atoms with Gasteiger partial charge in [-0.2, -0.15) is 0 Å². The highest BCUT2D eigenvalue weighted by Crippen LogP contribution is 2.66. The highest BCUT2D eigenvalue weighted by Gasteiger charge is 2.68. The average molecular weight is 356 g/mol. The third-order valence-electron chi connectivity index (χ3n) is 7.91. The number of hydrogen-bond acceptors (Lipinski definition) is 4. The Morgan fingerprint density at radius 2 is 2.19 bits per heavy atom. The molecule has 5 nitrogen and oxygen atoms in total. The molecule has 0 bridgehead atoms. The molecule has 5 rings (SSSR count). The molecule has 5 heteroatoms. The number of fused-ring (bicyclic) bond motifs is 1. The fraction of sp³-hybridized carbons (Fsp3) is 0.667. The monoisotopic (exact) mass is 356 g/mol. The molecule has 3 fully saturated rings. The summed E-state index contributed by atoms with van der Waals surface area (Å²) in [5, 5.41) is 9.85. The molecule has 1 aliphatic carbocycles. The van der Waals surface area contributed by atoms with Gasteiger partial charge in [-0.1, -0.05) is 12.1 Å². The van der Waals surface area contributed by atoms with Gasteiger partial charge in [0.25, 0.3) is 0 Å². The van der Waals surface area contributed by atoms with Crippen molar-refractivity contribution in [1.29, 1.82) is 0 Å². The molecule has 0 radical (unpaired) electrons. The highest BCUT2D eigenvalue weighted by molar-refractivity contribution is 5.87. The quantitative estimate of drug-likeness (QED) is 0.841. The SMILES string of the molecule is COc1cccc2c1N(C=O)C1CCC3(CCO)CCCN4CCC21C43. The van der Waals surface area contributed by atoms with E-state index in [9.17, 15) is 9.90 Å². The number of amides is 1. The number of nitrogens with zero attached hydrogens (tertiary/aromatic N) is 2. The summed E-state index contributed by atoms with van der Waals surface area (Å²) in [6.45, 7) is 2.50. The Morgan fingerprint density at radius 1 is 1.31 bits per heavy atom. The van der Waals surface area contributed by atoms with Crippen molar-refractivity contribution >= 4 is 12.1 Å². The zero-order chi connectivity index (χ0) is 17.9. The van der Waals surface area contributed by atoms with Gasteiger partial charge in [0.2, 0.25) is 6.41 Å². The van der Waals surface area contributed by atoms with Gasteiger partial charge < -0.3 is 14.7 Å². The van der Waals surface area contributed by atoms with E-state index in [-0.39, 0.29) is 23.5 Å². The van der Waals surface area contributed by atoms with Gasteiger partial charge in [-0.3, -0.25) is 9.69 Å². The van der Waals surface area contributed by atoms with Crippen molar-refractivity contribution in [2.24, 2.45) is 5.41 Å². The topological polar surface area (TPSA) is 53.0 Å². The molecular weight excluding hydrogens is 328 g/mol. The first-order valence-corrected chi connectivity index (χ1v) is 9.98. The molecule has 1 aromatic carbocycles. The number of aliphatic hydroxyl groups is 1. The Bertz CT molecular complexity index is 734. The van der Waals surface area contributed by atoms with Crippen LogP contribution in [0.4, 0.5) is 5.69 Å². The van der Waals surface area contributed by atoms with Gasteiger partial charge in [0, 0.05) is 24.1 Å². The van der Waals surface area contributed by atoms with Crippen LogP contribution in [0.1, 0.15) is 44.1 Å². The van der Waals surface area contributed by atoms with Crippen molar-refractivity contribution in [3.8, 4) is 5.75 Å². The standard InChI is InChI=1S/C21H28N2O3/c1-26-16-5-2-4-15-18(16)23(14-25)17-6-8-20(10-13-24)7-3-11-22-12-9-21(15,17)19(20)22/h2,4-5,14,17,19,24H,3,6-13H2,1H3. The average Bonchev–Trinajstić information content (AvgIpc) is 3.20. The highest BCUT2D eigenvalue weighted by atomic mass is 16.5. The number of anilines is 1. The first kappa shape index (κ1) is 16.6. The molecule has 0 aromatic heterocycles. The molecule has 2 saturated heterocycles. The lowest BCUT2D eigenvalue weighted by molar-refractivity contribution is -0.109. The number of piperidine rings is 1. The second kappa shape index (κ2) is 5.70. The molecule has 1 amide bonds. The van der Waals surface area contributed by atoms with Crippen LogP contribution in [0.25, 0.3) is 0 Å². The summed E-state index contributed by atoms with van der Waals surface area (Å²) >= 11 is 0. The Balaban J connectivity index is 1.74. The van der Waals surface area contributed by atoms with Crippen LogP contribution in [-0.2, 0) is 10.2 Å². The van der Waals surface area contributed by atoms with Crippen molar-refractivity contribution in [3.05, 3.63) is 23.8 Å². The lowest BCUT2D eigenvalue weighted by atomic mass is 9.52. The molecule has 140 valence electrons. The normalized spacial score (nSPS) is 37.8. The van der Waals surface area contributed by atoms with Gasteiger partial charge in [-0.05, 0) is 68.7 Å². The van der Waals surface area contributed by atoms with Gasteiger partial charge in [0.1, 0.15) is 5.75 Å². The second-order valence-electron chi connectivity index (χ2n) is 8.59. The van der Waals surface area contributed by atoms with E-state index < -0.39 is 0 Å². The number of para-hydroxylation sites is 1. The van der Waals surface area contributed by atoms with E-state index >= 15 is 0 Å². The van der Waals surface area contributed by atoms with E-state index in [1.165, 1.54) is 18.4 Å². The van der Waals surface area contributed by atoms with Gasteiger partial charge in [-0.25, -0.2) is 0 Å². The number of methoxy groups -OCH3 is 1. The van der Waals surface area contributed by atoms with Crippen LogP contribution in [0.15, 0.2) is 18.2 Å². The number of carbonyl (C=O) groups excluding carboxylic acids is 1. The maximum absolute atomic E-state index is 12.1. The van der Waals surface area contributed by atoms with Gasteiger partial charge >= 0.3 is 0 Å². The number of aliphatic hydroxyl groups excluding tert-OH is 1. The fourth-order valence-electron chi connectivity index (χ4n) is 7.23. The molecule has 26 heavy (non-hydrogen) atoms. The van der Waals surface area contributed by atoms with Gasteiger partial charge in [-0.15, -0.1) is 0 Å². The van der Waals surface area contributed by atoms with Crippen LogP contribution in [0, 0.1) is 5.41 Å². The summed E-state index contributed by atoms with van der Waals surface area (Å²) in [7, 11) is 1.69. The second-order valence-corrected chi connectivity index (χ2v) is 8.59. The first-order chi connectivity index (χ1) is 12.7. The zero-order valence-electron chi connectivity index (χ0n) is 15.5. The van der Waals surface area contributed by atoms with Crippen molar-refractivity contribution in [2.45, 2.75) is 56.0 Å². The molecule has 1 spiro atoms. The van der Waals surface area contributed by atoms with E-state index in [1.54, 1.807) is 7.11 Å². The predicted octanol–water partition coefficient (Wildman–Crippen LogP) is 2.31. The summed E-state index contributed by atoms with van der Waals surface area (Å²) in [5.41, 5.74) is 2.45. The van der Waals surface area contributed by atoms with Crippen LogP contribution in [0.3, 0.4) is 0 Å². The first-order valence-electron chi connectivity index (χ1n) is 9.98. The van der Waals surface area contributed by atoms with E-state index in [0.717, 1.165) is 56.6 Å². The predicted molar refractivity (Wildman–Crippen MR) is 99.6 cm³/mol. The van der Waals surface area contributed by atoms with Crippen LogP contribution >= 0.6 is 0 Å². The largest absolute Gasteiger partial charge is 0.495 e. The molecule has 4 unspecified atom stereocenters. The molecule has 4 aliphatic rings. The minimum absolute atomic E-state index is 0.0153. The maximum Gasteiger partial charge on any atom is 0.214 e. The third kappa shape index (κ3) is 1.81. The molecular formula is C21H28N2O3. The van der Waals surface area contributed by atoms with Crippen LogP contribution in [0.5, 0.6) is 5.75 Å². The zero-order valence-corrected chi connectivity index (χ0v) is 15.5. The number of ether oxygens (including phenoxy) is 1. The summed E-state index contributed by atoms with van der Waals surface area (Å²) in [6, 6.07) is 6.90. The van der Waals surface area contributed by atoms with E-state index in [2.05, 4.69) is 17.0 Å². The van der Waals surface area contributed by atoms with Crippen LogP contribution in [0.2, 0.25) is 0 Å². The molecule has 1 N–H and O–H groups in total. The molecule has 4 atom stereocenters. The van der Waals surface area contributed by atoms with E-state index in [1.807, 2.05) is 11.0 Å². The van der Waals surface area contributed by atoms with E-state index in [4.69, 9.17) is 4.74 Å². The van der Waals surface area contributed by atoms with Crippen molar-refractivity contribution in [3.63, 3.8) is 0 Å². The Labute approximate surface area is 154 Å². The lowest BCUT2D eigenvalue weighted by Gasteiger charge is -2.58. The molecule has 1 aromatic rings. The molecule has 1 saturated carbocycles. The molecule has 3 heterocycles.